The van der Waals surface area contributed by atoms with E-state index < -0.39 is 0 Å². The molecule has 3 atom stereocenters. The number of aromatic nitrogens is 1. The summed E-state index contributed by atoms with van der Waals surface area (Å²) in [4.78, 5) is 6.87. The fourth-order valence-electron chi connectivity index (χ4n) is 3.66. The molecule has 2 aliphatic rings. The second-order valence-corrected chi connectivity index (χ2v) is 5.96. The van der Waals surface area contributed by atoms with Crippen LogP contribution >= 0.6 is 0 Å². The van der Waals surface area contributed by atoms with Gasteiger partial charge in [0.15, 0.2) is 0 Å². The monoisotopic (exact) mass is 256 g/mol. The van der Waals surface area contributed by atoms with E-state index in [-0.39, 0.29) is 0 Å². The molecule has 3 unspecified atom stereocenters. The van der Waals surface area contributed by atoms with Crippen molar-refractivity contribution >= 4 is 5.82 Å². The number of nitrogens with zero attached hydrogens (tertiary/aromatic N) is 3. The van der Waals surface area contributed by atoms with Gasteiger partial charge in [0.05, 0.1) is 5.56 Å². The van der Waals surface area contributed by atoms with E-state index in [0.29, 0.717) is 17.9 Å². The van der Waals surface area contributed by atoms with Gasteiger partial charge in [-0.3, -0.25) is 0 Å². The van der Waals surface area contributed by atoms with Crippen LogP contribution in [0.2, 0.25) is 0 Å². The first-order chi connectivity index (χ1) is 9.10. The molecule has 2 fully saturated rings. The van der Waals surface area contributed by atoms with Crippen molar-refractivity contribution in [2.45, 2.75) is 32.7 Å². The highest BCUT2D eigenvalue weighted by atomic mass is 15.2. The summed E-state index contributed by atoms with van der Waals surface area (Å²) >= 11 is 0. The molecule has 2 heterocycles. The lowest BCUT2D eigenvalue weighted by Crippen LogP contribution is -2.31. The first-order valence-corrected chi connectivity index (χ1v) is 6.99. The van der Waals surface area contributed by atoms with Crippen LogP contribution in [0.25, 0.3) is 0 Å². The Morgan fingerprint density at radius 1 is 1.37 bits per heavy atom. The lowest BCUT2D eigenvalue weighted by molar-refractivity contribution is 0.453. The lowest BCUT2D eigenvalue weighted by atomic mass is 9.98. The largest absolute Gasteiger partial charge is 0.355 e. The Bertz CT molecular complexity index is 546. The molecule has 1 saturated heterocycles. The van der Waals surface area contributed by atoms with E-state index in [0.717, 1.165) is 42.1 Å². The van der Waals surface area contributed by atoms with Crippen LogP contribution in [-0.2, 0) is 0 Å². The molecule has 0 spiro atoms. The zero-order valence-electron chi connectivity index (χ0n) is 11.6. The average Bonchev–Trinajstić information content (AvgIpc) is 2.91. The van der Waals surface area contributed by atoms with Crippen LogP contribution in [0, 0.1) is 37.0 Å². The van der Waals surface area contributed by atoms with E-state index in [1.54, 1.807) is 0 Å². The Balaban J connectivity index is 1.94. The van der Waals surface area contributed by atoms with Crippen molar-refractivity contribution in [2.75, 3.05) is 18.0 Å². The molecule has 1 aromatic rings. The quantitative estimate of drug-likeness (QED) is 0.831. The topological polar surface area (TPSA) is 65.9 Å². The van der Waals surface area contributed by atoms with Crippen molar-refractivity contribution in [3.05, 3.63) is 22.9 Å². The van der Waals surface area contributed by atoms with Gasteiger partial charge in [0.25, 0.3) is 0 Å². The Morgan fingerprint density at radius 2 is 2.16 bits per heavy atom. The third kappa shape index (κ3) is 1.98. The van der Waals surface area contributed by atoms with Gasteiger partial charge < -0.3 is 10.6 Å². The molecule has 0 amide bonds. The Morgan fingerprint density at radius 3 is 2.84 bits per heavy atom. The van der Waals surface area contributed by atoms with Gasteiger partial charge in [-0.05, 0) is 50.2 Å². The number of pyridine rings is 1. The highest BCUT2D eigenvalue weighted by molar-refractivity contribution is 5.58. The molecule has 0 bridgehead atoms. The molecule has 0 radical (unpaired) electrons. The van der Waals surface area contributed by atoms with Crippen LogP contribution in [-0.4, -0.2) is 24.1 Å². The van der Waals surface area contributed by atoms with Gasteiger partial charge in [0.1, 0.15) is 11.9 Å². The third-order valence-corrected chi connectivity index (χ3v) is 4.65. The second-order valence-electron chi connectivity index (χ2n) is 5.96. The van der Waals surface area contributed by atoms with E-state index in [1.807, 2.05) is 19.9 Å². The first kappa shape index (κ1) is 12.4. The van der Waals surface area contributed by atoms with Crippen molar-refractivity contribution in [1.29, 1.82) is 5.26 Å². The van der Waals surface area contributed by atoms with Gasteiger partial charge in [-0.25, -0.2) is 4.98 Å². The van der Waals surface area contributed by atoms with E-state index in [1.165, 1.54) is 6.42 Å². The van der Waals surface area contributed by atoms with E-state index in [2.05, 4.69) is 16.0 Å². The molecule has 1 saturated carbocycles. The van der Waals surface area contributed by atoms with Crippen LogP contribution in [0.3, 0.4) is 0 Å². The SMILES string of the molecule is Cc1cc(C)c(C#N)c(N2CC3CCC(N)C3C2)n1. The zero-order valence-corrected chi connectivity index (χ0v) is 11.6. The number of aryl methyl sites for hydroxylation is 2. The van der Waals surface area contributed by atoms with Gasteiger partial charge in [-0.2, -0.15) is 5.26 Å². The molecule has 4 heteroatoms. The number of anilines is 1. The lowest BCUT2D eigenvalue weighted by Gasteiger charge is -2.22. The maximum Gasteiger partial charge on any atom is 0.147 e. The number of nitriles is 1. The predicted molar refractivity (Wildman–Crippen MR) is 74.8 cm³/mol. The molecule has 3 rings (SSSR count). The van der Waals surface area contributed by atoms with Crippen molar-refractivity contribution in [3.8, 4) is 6.07 Å². The molecule has 4 nitrogen and oxygen atoms in total. The number of rotatable bonds is 1. The Labute approximate surface area is 114 Å². The van der Waals surface area contributed by atoms with Crippen molar-refractivity contribution < 1.29 is 0 Å². The average molecular weight is 256 g/mol. The van der Waals surface area contributed by atoms with E-state index in [9.17, 15) is 5.26 Å². The van der Waals surface area contributed by atoms with E-state index >= 15 is 0 Å². The maximum absolute atomic E-state index is 9.36. The second kappa shape index (κ2) is 4.50. The summed E-state index contributed by atoms with van der Waals surface area (Å²) < 4.78 is 0. The Kier molecular flexibility index (Phi) is 2.94. The van der Waals surface area contributed by atoms with Gasteiger partial charge >= 0.3 is 0 Å². The van der Waals surface area contributed by atoms with Gasteiger partial charge in [0, 0.05) is 24.8 Å². The van der Waals surface area contributed by atoms with Crippen LogP contribution in [0.5, 0.6) is 0 Å². The number of hydrogen-bond donors (Lipinski definition) is 1. The van der Waals surface area contributed by atoms with Crippen molar-refractivity contribution in [1.82, 2.24) is 4.98 Å². The molecule has 1 aromatic heterocycles. The first-order valence-electron chi connectivity index (χ1n) is 6.99. The minimum atomic E-state index is 0.325. The zero-order chi connectivity index (χ0) is 13.6. The highest BCUT2D eigenvalue weighted by Crippen LogP contribution is 2.39. The van der Waals surface area contributed by atoms with Crippen molar-refractivity contribution in [3.63, 3.8) is 0 Å². The van der Waals surface area contributed by atoms with E-state index in [4.69, 9.17) is 5.73 Å². The highest BCUT2D eigenvalue weighted by Gasteiger charge is 2.41. The van der Waals surface area contributed by atoms with Gasteiger partial charge in [0.2, 0.25) is 0 Å². The van der Waals surface area contributed by atoms with Gasteiger partial charge in [-0.1, -0.05) is 0 Å². The predicted octanol–water partition coefficient (Wildman–Crippen LogP) is 1.74. The van der Waals surface area contributed by atoms with Gasteiger partial charge in [-0.15, -0.1) is 0 Å². The molecular weight excluding hydrogens is 236 g/mol. The number of fused-ring (bicyclic) bond motifs is 1. The molecule has 19 heavy (non-hydrogen) atoms. The fourth-order valence-corrected chi connectivity index (χ4v) is 3.66. The number of hydrogen-bond acceptors (Lipinski definition) is 4. The molecular formula is C15H20N4. The smallest absolute Gasteiger partial charge is 0.147 e. The summed E-state index contributed by atoms with van der Waals surface area (Å²) in [6.07, 6.45) is 2.36. The van der Waals surface area contributed by atoms with Crippen LogP contribution in [0.15, 0.2) is 6.07 Å². The minimum Gasteiger partial charge on any atom is -0.355 e. The summed E-state index contributed by atoms with van der Waals surface area (Å²) in [5, 5.41) is 9.36. The molecule has 1 aliphatic carbocycles. The molecule has 1 aliphatic heterocycles. The molecule has 100 valence electrons. The third-order valence-electron chi connectivity index (χ3n) is 4.65. The minimum absolute atomic E-state index is 0.325. The summed E-state index contributed by atoms with van der Waals surface area (Å²) in [7, 11) is 0. The molecule has 2 N–H and O–H groups in total. The van der Waals surface area contributed by atoms with Crippen LogP contribution in [0.1, 0.15) is 29.7 Å². The van der Waals surface area contributed by atoms with Crippen molar-refractivity contribution in [2.24, 2.45) is 17.6 Å². The number of nitrogens with two attached hydrogens (primary N) is 1. The molecule has 0 aromatic carbocycles. The maximum atomic E-state index is 9.36. The standard InChI is InChI=1S/C15H20N4/c1-9-5-10(2)18-15(12(9)6-16)19-7-11-3-4-14(17)13(11)8-19/h5,11,13-14H,3-4,7-8,17H2,1-2H3. The fraction of sp³-hybridized carbons (Fsp3) is 0.600. The summed E-state index contributed by atoms with van der Waals surface area (Å²) in [6.45, 7) is 5.93. The Hall–Kier alpha value is -1.60. The van der Waals surface area contributed by atoms with Crippen LogP contribution in [0.4, 0.5) is 5.82 Å². The van der Waals surface area contributed by atoms with Crippen LogP contribution < -0.4 is 10.6 Å². The summed E-state index contributed by atoms with van der Waals surface area (Å²) in [5.41, 5.74) is 8.90. The summed E-state index contributed by atoms with van der Waals surface area (Å²) in [6, 6.07) is 4.61. The normalized spacial score (nSPS) is 29.4. The summed E-state index contributed by atoms with van der Waals surface area (Å²) in [5.74, 6) is 2.12.